The Morgan fingerprint density at radius 3 is 2.67 bits per heavy atom. The highest BCUT2D eigenvalue weighted by Crippen LogP contribution is 2.37. The number of hydrogen-bond acceptors (Lipinski definition) is 4. The van der Waals surface area contributed by atoms with E-state index in [-0.39, 0.29) is 24.0 Å². The second kappa shape index (κ2) is 11.8. The molecule has 0 aromatic heterocycles. The maximum atomic E-state index is 6.35. The molecule has 0 bridgehead atoms. The Bertz CT molecular complexity index is 624. The van der Waals surface area contributed by atoms with Crippen molar-refractivity contribution < 1.29 is 9.47 Å². The third-order valence-corrected chi connectivity index (χ3v) is 5.00. The number of benzene rings is 1. The summed E-state index contributed by atoms with van der Waals surface area (Å²) in [5.74, 6) is 2.17. The maximum absolute atomic E-state index is 6.35. The van der Waals surface area contributed by atoms with Crippen molar-refractivity contribution in [2.75, 3.05) is 46.4 Å². The van der Waals surface area contributed by atoms with E-state index in [4.69, 9.17) is 21.1 Å². The van der Waals surface area contributed by atoms with Crippen molar-refractivity contribution in [1.29, 1.82) is 0 Å². The molecule has 1 aromatic carbocycles. The summed E-state index contributed by atoms with van der Waals surface area (Å²) < 4.78 is 11.4. The van der Waals surface area contributed by atoms with Crippen molar-refractivity contribution in [3.05, 3.63) is 22.7 Å². The van der Waals surface area contributed by atoms with Gasteiger partial charge in [-0.2, -0.15) is 0 Å². The van der Waals surface area contributed by atoms with E-state index >= 15 is 0 Å². The number of hydrogen-bond donors (Lipinski definition) is 2. The van der Waals surface area contributed by atoms with E-state index in [1.165, 1.54) is 32.4 Å². The molecular weight excluding hydrogens is 479 g/mol. The van der Waals surface area contributed by atoms with Crippen LogP contribution in [-0.4, -0.2) is 57.3 Å². The molecule has 0 saturated carbocycles. The zero-order valence-electron chi connectivity index (χ0n) is 15.9. The molecule has 2 heterocycles. The quantitative estimate of drug-likeness (QED) is 0.363. The lowest BCUT2D eigenvalue weighted by Gasteiger charge is -2.26. The maximum Gasteiger partial charge on any atom is 0.191 e. The van der Waals surface area contributed by atoms with E-state index in [2.05, 4.69) is 20.5 Å². The second-order valence-corrected chi connectivity index (χ2v) is 7.12. The summed E-state index contributed by atoms with van der Waals surface area (Å²) in [5, 5.41) is 7.31. The average molecular weight is 509 g/mol. The minimum absolute atomic E-state index is 0. The van der Waals surface area contributed by atoms with Crippen LogP contribution in [-0.2, 0) is 6.54 Å². The minimum atomic E-state index is 0. The highest BCUT2D eigenvalue weighted by molar-refractivity contribution is 14.0. The van der Waals surface area contributed by atoms with E-state index in [1.54, 1.807) is 7.05 Å². The number of rotatable bonds is 5. The summed E-state index contributed by atoms with van der Waals surface area (Å²) >= 11 is 6.35. The number of nitrogens with one attached hydrogen (secondary N) is 2. The van der Waals surface area contributed by atoms with Gasteiger partial charge in [-0.3, -0.25) is 4.99 Å². The summed E-state index contributed by atoms with van der Waals surface area (Å²) in [7, 11) is 1.79. The summed E-state index contributed by atoms with van der Waals surface area (Å²) in [6.07, 6.45) is 4.87. The first-order chi connectivity index (χ1) is 12.8. The molecule has 0 amide bonds. The molecule has 0 spiro atoms. The fourth-order valence-electron chi connectivity index (χ4n) is 3.31. The van der Waals surface area contributed by atoms with Gasteiger partial charge in [0.2, 0.25) is 0 Å². The number of piperidine rings is 1. The number of nitrogens with zero attached hydrogens (tertiary/aromatic N) is 2. The van der Waals surface area contributed by atoms with Crippen molar-refractivity contribution in [2.45, 2.75) is 32.2 Å². The van der Waals surface area contributed by atoms with Gasteiger partial charge in [0.1, 0.15) is 0 Å². The minimum Gasteiger partial charge on any atom is -0.489 e. The van der Waals surface area contributed by atoms with Crippen molar-refractivity contribution >= 4 is 41.5 Å². The standard InChI is InChI=1S/C19H29ClN4O2.HI/c1-21-19(22-6-9-24-7-3-2-4-8-24)23-14-15-12-16(20)18-17(13-15)25-10-5-11-26-18;/h12-13H,2-11,14H2,1H3,(H2,21,22,23);1H. The second-order valence-electron chi connectivity index (χ2n) is 6.71. The molecule has 0 atom stereocenters. The first-order valence-corrected chi connectivity index (χ1v) is 9.89. The molecule has 2 aliphatic rings. The number of fused-ring (bicyclic) bond motifs is 1. The first-order valence-electron chi connectivity index (χ1n) is 9.51. The van der Waals surface area contributed by atoms with Crippen molar-refractivity contribution in [3.8, 4) is 11.5 Å². The third kappa shape index (κ3) is 6.87. The summed E-state index contributed by atoms with van der Waals surface area (Å²) in [5.41, 5.74) is 1.04. The highest BCUT2D eigenvalue weighted by Gasteiger charge is 2.16. The van der Waals surface area contributed by atoms with Crippen LogP contribution in [0.1, 0.15) is 31.2 Å². The topological polar surface area (TPSA) is 58.1 Å². The van der Waals surface area contributed by atoms with Gasteiger partial charge in [-0.15, -0.1) is 24.0 Å². The largest absolute Gasteiger partial charge is 0.489 e. The van der Waals surface area contributed by atoms with Crippen LogP contribution >= 0.6 is 35.6 Å². The fraction of sp³-hybridized carbons (Fsp3) is 0.632. The molecule has 0 radical (unpaired) electrons. The molecule has 3 rings (SSSR count). The Morgan fingerprint density at radius 2 is 1.89 bits per heavy atom. The van der Waals surface area contributed by atoms with Crippen LogP contribution in [0.4, 0.5) is 0 Å². The van der Waals surface area contributed by atoms with Crippen LogP contribution in [0.3, 0.4) is 0 Å². The molecular formula is C19H30ClIN4O2. The molecule has 2 N–H and O–H groups in total. The van der Waals surface area contributed by atoms with Crippen LogP contribution in [0.2, 0.25) is 5.02 Å². The van der Waals surface area contributed by atoms with E-state index < -0.39 is 0 Å². The van der Waals surface area contributed by atoms with Gasteiger partial charge in [0, 0.05) is 33.1 Å². The number of guanidine groups is 1. The van der Waals surface area contributed by atoms with E-state index in [0.717, 1.165) is 36.8 Å². The lowest BCUT2D eigenvalue weighted by atomic mass is 10.1. The average Bonchev–Trinajstić information content (AvgIpc) is 2.91. The van der Waals surface area contributed by atoms with Crippen LogP contribution in [0.5, 0.6) is 11.5 Å². The predicted molar refractivity (Wildman–Crippen MR) is 121 cm³/mol. The van der Waals surface area contributed by atoms with Gasteiger partial charge in [-0.1, -0.05) is 18.0 Å². The smallest absolute Gasteiger partial charge is 0.191 e. The van der Waals surface area contributed by atoms with Crippen LogP contribution in [0.15, 0.2) is 17.1 Å². The first kappa shape index (κ1) is 22.4. The zero-order chi connectivity index (χ0) is 18.2. The van der Waals surface area contributed by atoms with E-state index in [9.17, 15) is 0 Å². The van der Waals surface area contributed by atoms with Gasteiger partial charge in [0.05, 0.1) is 18.2 Å². The molecule has 2 aliphatic heterocycles. The van der Waals surface area contributed by atoms with Gasteiger partial charge < -0.3 is 25.0 Å². The molecule has 0 unspecified atom stereocenters. The number of ether oxygens (including phenoxy) is 2. The Kier molecular flexibility index (Phi) is 9.78. The lowest BCUT2D eigenvalue weighted by Crippen LogP contribution is -2.42. The van der Waals surface area contributed by atoms with Gasteiger partial charge in [-0.25, -0.2) is 0 Å². The normalized spacial score (nSPS) is 17.6. The highest BCUT2D eigenvalue weighted by atomic mass is 127. The van der Waals surface area contributed by atoms with Gasteiger partial charge in [-0.05, 0) is 43.6 Å². The monoisotopic (exact) mass is 508 g/mol. The Morgan fingerprint density at radius 1 is 1.11 bits per heavy atom. The van der Waals surface area contributed by atoms with Gasteiger partial charge in [0.15, 0.2) is 17.5 Å². The molecule has 1 saturated heterocycles. The SMILES string of the molecule is CN=C(NCCN1CCCCC1)NCc1cc(Cl)c2c(c1)OCCCO2.I. The van der Waals surface area contributed by atoms with Crippen LogP contribution in [0, 0.1) is 0 Å². The van der Waals surface area contributed by atoms with Gasteiger partial charge in [0.25, 0.3) is 0 Å². The Labute approximate surface area is 184 Å². The summed E-state index contributed by atoms with van der Waals surface area (Å²) in [4.78, 5) is 6.80. The van der Waals surface area contributed by atoms with E-state index in [0.29, 0.717) is 30.5 Å². The zero-order valence-corrected chi connectivity index (χ0v) is 19.0. The number of halogens is 2. The van der Waals surface area contributed by atoms with Gasteiger partial charge >= 0.3 is 0 Å². The van der Waals surface area contributed by atoms with Crippen LogP contribution < -0.4 is 20.1 Å². The molecule has 1 aromatic rings. The molecule has 0 aliphatic carbocycles. The predicted octanol–water partition coefficient (Wildman–Crippen LogP) is 3.27. The lowest BCUT2D eigenvalue weighted by molar-refractivity contribution is 0.232. The molecule has 6 nitrogen and oxygen atoms in total. The molecule has 27 heavy (non-hydrogen) atoms. The summed E-state index contributed by atoms with van der Waals surface area (Å²) in [6.45, 7) is 6.28. The molecule has 1 fully saturated rings. The van der Waals surface area contributed by atoms with Crippen molar-refractivity contribution in [2.24, 2.45) is 4.99 Å². The summed E-state index contributed by atoms with van der Waals surface area (Å²) in [6, 6.07) is 3.91. The molecule has 8 heteroatoms. The third-order valence-electron chi connectivity index (χ3n) is 4.71. The van der Waals surface area contributed by atoms with Crippen LogP contribution in [0.25, 0.3) is 0 Å². The number of aliphatic imine (C=N–C) groups is 1. The van der Waals surface area contributed by atoms with E-state index in [1.807, 2.05) is 12.1 Å². The Balaban J connectivity index is 0.00000261. The Hall–Kier alpha value is -0.930. The number of likely N-dealkylation sites (tertiary alicyclic amines) is 1. The van der Waals surface area contributed by atoms with Crippen molar-refractivity contribution in [3.63, 3.8) is 0 Å². The van der Waals surface area contributed by atoms with Crippen molar-refractivity contribution in [1.82, 2.24) is 15.5 Å². The molecule has 152 valence electrons. The fourth-order valence-corrected chi connectivity index (χ4v) is 3.60.